The lowest BCUT2D eigenvalue weighted by Crippen LogP contribution is -2.51. The van der Waals surface area contributed by atoms with E-state index in [1.165, 1.54) is 0 Å². The summed E-state index contributed by atoms with van der Waals surface area (Å²) in [6, 6.07) is 13.5. The van der Waals surface area contributed by atoms with Gasteiger partial charge >= 0.3 is 13.9 Å². The van der Waals surface area contributed by atoms with Gasteiger partial charge in [0.1, 0.15) is 11.1 Å². The molecule has 218 valence electrons. The van der Waals surface area contributed by atoms with Gasteiger partial charge in [0, 0.05) is 5.92 Å². The third-order valence-corrected chi connectivity index (χ3v) is 8.13. The third-order valence-electron chi connectivity index (χ3n) is 6.80. The quantitative estimate of drug-likeness (QED) is 0.245. The number of rotatable bonds is 10. The van der Waals surface area contributed by atoms with Gasteiger partial charge in [-0.1, -0.05) is 50.6 Å². The second-order valence-corrected chi connectivity index (χ2v) is 13.4. The van der Waals surface area contributed by atoms with E-state index < -0.39 is 25.1 Å². The first kappa shape index (κ1) is 30.3. The first-order valence-electron chi connectivity index (χ1n) is 13.9. The van der Waals surface area contributed by atoms with Gasteiger partial charge in [-0.15, -0.1) is 0 Å². The number of aromatic nitrogens is 1. The zero-order valence-corrected chi connectivity index (χ0v) is 25.2. The summed E-state index contributed by atoms with van der Waals surface area (Å²) in [7, 11) is -3.88. The molecule has 1 unspecified atom stereocenters. The van der Waals surface area contributed by atoms with Gasteiger partial charge < -0.3 is 14.5 Å². The summed E-state index contributed by atoms with van der Waals surface area (Å²) in [5.41, 5.74) is 2.76. The maximum atomic E-state index is 13.4. The van der Waals surface area contributed by atoms with E-state index in [1.807, 2.05) is 49.4 Å². The van der Waals surface area contributed by atoms with Crippen LogP contribution in [-0.4, -0.2) is 28.8 Å². The molecule has 1 amide bonds. The summed E-state index contributed by atoms with van der Waals surface area (Å²) in [5.74, 6) is 0.998. The van der Waals surface area contributed by atoms with E-state index in [0.717, 1.165) is 46.5 Å². The van der Waals surface area contributed by atoms with Crippen LogP contribution in [0.25, 0.3) is 11.1 Å². The number of phosphoric ester groups is 1. The highest BCUT2D eigenvalue weighted by Gasteiger charge is 2.36. The summed E-state index contributed by atoms with van der Waals surface area (Å²) in [4.78, 5) is 17.5. The minimum Gasteiger partial charge on any atom is -0.444 e. The van der Waals surface area contributed by atoms with Crippen molar-refractivity contribution in [2.75, 3.05) is 6.61 Å². The lowest BCUT2D eigenvalue weighted by molar-refractivity contribution is 0.0368. The Morgan fingerprint density at radius 3 is 2.40 bits per heavy atom. The van der Waals surface area contributed by atoms with Crippen LogP contribution in [-0.2, 0) is 42.5 Å². The van der Waals surface area contributed by atoms with Crippen molar-refractivity contribution in [3.63, 3.8) is 0 Å². The molecule has 1 aromatic heterocycles. The molecule has 2 atom stereocenters. The molecule has 4 rings (SSSR count). The van der Waals surface area contributed by atoms with Crippen molar-refractivity contribution < 1.29 is 32.1 Å². The van der Waals surface area contributed by atoms with Crippen LogP contribution in [0.1, 0.15) is 89.3 Å². The van der Waals surface area contributed by atoms with Gasteiger partial charge in [0.25, 0.3) is 0 Å². The standard InChI is InChI=1S/C30H41N2O7P/c1-7-10-21(2)27-31-25-17-22(13-14-26(25)38-27)15-16-30(6,32-28(33)39-29(3,4)5)20-37-40(34)35-18-23-11-8-9-12-24(23)19-36-40/h8-9,11-14,17,21H,7,10,15-16,18-20H2,1-6H3,(H,32,33)/t21-,30?/m1/s1. The molecule has 0 aliphatic carbocycles. The van der Waals surface area contributed by atoms with E-state index in [-0.39, 0.29) is 25.7 Å². The van der Waals surface area contributed by atoms with Crippen molar-refractivity contribution in [3.8, 4) is 0 Å². The maximum absolute atomic E-state index is 13.4. The summed E-state index contributed by atoms with van der Waals surface area (Å²) in [6.45, 7) is 11.6. The highest BCUT2D eigenvalue weighted by molar-refractivity contribution is 7.48. The SMILES string of the molecule is CCC[C@@H](C)c1nc2cc(CCC(C)(COP3(=O)OCc4ccccc4CO3)NC(=O)OC(C)(C)C)ccc2o1. The normalized spacial score (nSPS) is 17.4. The summed E-state index contributed by atoms with van der Waals surface area (Å²) in [6.07, 6.45) is 2.54. The molecular formula is C30H41N2O7P. The van der Waals surface area contributed by atoms with Crippen LogP contribution in [0.5, 0.6) is 0 Å². The van der Waals surface area contributed by atoms with Crippen LogP contribution < -0.4 is 5.32 Å². The highest BCUT2D eigenvalue weighted by Crippen LogP contribution is 2.53. The van der Waals surface area contributed by atoms with Crippen molar-refractivity contribution in [2.24, 2.45) is 0 Å². The van der Waals surface area contributed by atoms with E-state index in [2.05, 4.69) is 19.2 Å². The maximum Gasteiger partial charge on any atom is 0.475 e. The number of nitrogens with zero attached hydrogens (tertiary/aromatic N) is 1. The molecule has 0 radical (unpaired) electrons. The van der Waals surface area contributed by atoms with E-state index in [4.69, 9.17) is 27.7 Å². The highest BCUT2D eigenvalue weighted by atomic mass is 31.2. The van der Waals surface area contributed by atoms with Crippen molar-refractivity contribution in [3.05, 3.63) is 65.0 Å². The Balaban J connectivity index is 1.47. The number of ether oxygens (including phenoxy) is 1. The monoisotopic (exact) mass is 572 g/mol. The Labute approximate surface area is 236 Å². The molecule has 2 heterocycles. The minimum absolute atomic E-state index is 0.106. The van der Waals surface area contributed by atoms with E-state index in [9.17, 15) is 9.36 Å². The van der Waals surface area contributed by atoms with Crippen molar-refractivity contribution >= 4 is 25.0 Å². The number of amides is 1. The first-order chi connectivity index (χ1) is 18.9. The lowest BCUT2D eigenvalue weighted by atomic mass is 9.94. The topological polar surface area (TPSA) is 109 Å². The fourth-order valence-corrected chi connectivity index (χ4v) is 5.79. The average Bonchev–Trinajstić information content (AvgIpc) is 3.24. The minimum atomic E-state index is -3.88. The Kier molecular flexibility index (Phi) is 9.40. The van der Waals surface area contributed by atoms with Gasteiger partial charge in [0.05, 0.1) is 25.4 Å². The first-order valence-corrected chi connectivity index (χ1v) is 15.3. The fourth-order valence-electron chi connectivity index (χ4n) is 4.52. The van der Waals surface area contributed by atoms with Gasteiger partial charge in [-0.05, 0) is 75.8 Å². The number of fused-ring (bicyclic) bond motifs is 2. The number of carbonyl (C=O) groups excluding carboxylic acids is 1. The van der Waals surface area contributed by atoms with Gasteiger partial charge in [-0.25, -0.2) is 14.3 Å². The lowest BCUT2D eigenvalue weighted by Gasteiger charge is -2.32. The zero-order chi connectivity index (χ0) is 29.0. The smallest absolute Gasteiger partial charge is 0.444 e. The number of hydrogen-bond donors (Lipinski definition) is 1. The van der Waals surface area contributed by atoms with Gasteiger partial charge in [-0.3, -0.25) is 13.6 Å². The average molecular weight is 573 g/mol. The molecular weight excluding hydrogens is 531 g/mol. The number of aryl methyl sites for hydroxylation is 1. The number of oxazole rings is 1. The summed E-state index contributed by atoms with van der Waals surface area (Å²) in [5, 5.41) is 2.93. The molecule has 2 aromatic carbocycles. The van der Waals surface area contributed by atoms with Crippen molar-refractivity contribution in [2.45, 2.75) is 97.5 Å². The predicted octanol–water partition coefficient (Wildman–Crippen LogP) is 7.82. The number of alkyl carbamates (subject to hydrolysis) is 1. The number of carbonyl (C=O) groups is 1. The molecule has 1 N–H and O–H groups in total. The third kappa shape index (κ3) is 8.16. The molecule has 3 aromatic rings. The van der Waals surface area contributed by atoms with Crippen molar-refractivity contribution in [1.29, 1.82) is 0 Å². The van der Waals surface area contributed by atoms with Gasteiger partial charge in [0.15, 0.2) is 11.5 Å². The van der Waals surface area contributed by atoms with Gasteiger partial charge in [-0.2, -0.15) is 0 Å². The van der Waals surface area contributed by atoms with Crippen LogP contribution in [0.3, 0.4) is 0 Å². The number of nitrogens with one attached hydrogen (secondary N) is 1. The van der Waals surface area contributed by atoms with Crippen LogP contribution >= 0.6 is 7.82 Å². The predicted molar refractivity (Wildman–Crippen MR) is 153 cm³/mol. The Morgan fingerprint density at radius 1 is 1.10 bits per heavy atom. The number of benzene rings is 2. The molecule has 0 bridgehead atoms. The number of hydrogen-bond acceptors (Lipinski definition) is 8. The number of phosphoric acid groups is 1. The summed E-state index contributed by atoms with van der Waals surface area (Å²) >= 11 is 0. The van der Waals surface area contributed by atoms with Gasteiger partial charge in [0.2, 0.25) is 0 Å². The second kappa shape index (κ2) is 12.4. The molecule has 0 saturated heterocycles. The zero-order valence-electron chi connectivity index (χ0n) is 24.3. The Hall–Kier alpha value is -2.71. The molecule has 10 heteroatoms. The van der Waals surface area contributed by atoms with Crippen molar-refractivity contribution in [1.82, 2.24) is 10.3 Å². The van der Waals surface area contributed by atoms with Crippen LogP contribution in [0.2, 0.25) is 0 Å². The molecule has 0 saturated carbocycles. The molecule has 0 spiro atoms. The Morgan fingerprint density at radius 2 is 1.77 bits per heavy atom. The molecule has 1 aliphatic heterocycles. The summed E-state index contributed by atoms with van der Waals surface area (Å²) < 4.78 is 41.8. The molecule has 9 nitrogen and oxygen atoms in total. The molecule has 40 heavy (non-hydrogen) atoms. The second-order valence-electron chi connectivity index (χ2n) is 11.8. The molecule has 1 aliphatic rings. The van der Waals surface area contributed by atoms with Crippen LogP contribution in [0.4, 0.5) is 4.79 Å². The van der Waals surface area contributed by atoms with Crippen LogP contribution in [0.15, 0.2) is 46.9 Å². The van der Waals surface area contributed by atoms with Crippen LogP contribution in [0, 0.1) is 0 Å². The largest absolute Gasteiger partial charge is 0.475 e. The van der Waals surface area contributed by atoms with E-state index >= 15 is 0 Å². The molecule has 0 fully saturated rings. The van der Waals surface area contributed by atoms with E-state index in [0.29, 0.717) is 12.8 Å². The Bertz CT molecular complexity index is 1330. The van der Waals surface area contributed by atoms with E-state index in [1.54, 1.807) is 20.8 Å². The fraction of sp³-hybridized carbons (Fsp3) is 0.533.